The average Bonchev–Trinajstić information content (AvgIpc) is 2.46. The Kier molecular flexibility index (Phi) is 1.73. The SMILES string of the molecule is Cn1nc(C(=O)O)c2c(F)cccc21. The molecule has 0 saturated heterocycles. The molecule has 0 aliphatic carbocycles. The van der Waals surface area contributed by atoms with Crippen molar-refractivity contribution in [2.75, 3.05) is 0 Å². The number of fused-ring (bicyclic) bond motifs is 1. The van der Waals surface area contributed by atoms with E-state index in [1.54, 1.807) is 13.1 Å². The summed E-state index contributed by atoms with van der Waals surface area (Å²) in [7, 11) is 1.58. The normalized spacial score (nSPS) is 10.7. The summed E-state index contributed by atoms with van der Waals surface area (Å²) in [6.45, 7) is 0. The van der Waals surface area contributed by atoms with Crippen molar-refractivity contribution in [3.8, 4) is 0 Å². The van der Waals surface area contributed by atoms with Gasteiger partial charge < -0.3 is 5.11 Å². The van der Waals surface area contributed by atoms with Gasteiger partial charge in [0.2, 0.25) is 0 Å². The van der Waals surface area contributed by atoms with Crippen molar-refractivity contribution in [2.24, 2.45) is 7.05 Å². The zero-order valence-corrected chi connectivity index (χ0v) is 7.36. The van der Waals surface area contributed by atoms with Gasteiger partial charge in [0.1, 0.15) is 5.82 Å². The van der Waals surface area contributed by atoms with Crippen LogP contribution in [0, 0.1) is 5.82 Å². The number of carbonyl (C=O) groups is 1. The summed E-state index contributed by atoms with van der Waals surface area (Å²) in [4.78, 5) is 10.7. The predicted octanol–water partition coefficient (Wildman–Crippen LogP) is 1.41. The van der Waals surface area contributed by atoms with Crippen molar-refractivity contribution >= 4 is 16.9 Å². The molecule has 1 N–H and O–H groups in total. The second-order valence-electron chi connectivity index (χ2n) is 2.91. The third-order valence-electron chi connectivity index (χ3n) is 2.03. The van der Waals surface area contributed by atoms with E-state index >= 15 is 0 Å². The second-order valence-corrected chi connectivity index (χ2v) is 2.91. The van der Waals surface area contributed by atoms with Crippen LogP contribution in [0.4, 0.5) is 4.39 Å². The van der Waals surface area contributed by atoms with Crippen molar-refractivity contribution in [1.29, 1.82) is 0 Å². The van der Waals surface area contributed by atoms with Crippen molar-refractivity contribution < 1.29 is 14.3 Å². The maximum atomic E-state index is 13.3. The van der Waals surface area contributed by atoms with Crippen LogP contribution in [0.25, 0.3) is 10.9 Å². The van der Waals surface area contributed by atoms with E-state index in [9.17, 15) is 9.18 Å². The molecule has 5 heteroatoms. The molecular weight excluding hydrogens is 187 g/mol. The first-order chi connectivity index (χ1) is 6.61. The fraction of sp³-hybridized carbons (Fsp3) is 0.111. The summed E-state index contributed by atoms with van der Waals surface area (Å²) < 4.78 is 14.7. The number of halogens is 1. The first-order valence-electron chi connectivity index (χ1n) is 3.96. The molecule has 1 aromatic heterocycles. The molecule has 4 nitrogen and oxygen atoms in total. The molecular formula is C9H7FN2O2. The fourth-order valence-corrected chi connectivity index (χ4v) is 1.42. The van der Waals surface area contributed by atoms with Crippen LogP contribution < -0.4 is 0 Å². The number of aromatic nitrogens is 2. The Hall–Kier alpha value is -1.91. The lowest BCUT2D eigenvalue weighted by Crippen LogP contribution is -1.99. The molecule has 0 amide bonds. The predicted molar refractivity (Wildman–Crippen MR) is 47.6 cm³/mol. The van der Waals surface area contributed by atoms with Gasteiger partial charge in [-0.25, -0.2) is 9.18 Å². The van der Waals surface area contributed by atoms with Crippen LogP contribution in [0.3, 0.4) is 0 Å². The second kappa shape index (κ2) is 2.80. The largest absolute Gasteiger partial charge is 0.476 e. The highest BCUT2D eigenvalue weighted by Crippen LogP contribution is 2.20. The summed E-state index contributed by atoms with van der Waals surface area (Å²) in [6, 6.07) is 4.36. The number of benzene rings is 1. The number of carboxylic acid groups (broad SMARTS) is 1. The average molecular weight is 194 g/mol. The van der Waals surface area contributed by atoms with Gasteiger partial charge in [-0.2, -0.15) is 5.10 Å². The van der Waals surface area contributed by atoms with Crippen LogP contribution in [0.5, 0.6) is 0 Å². The zero-order chi connectivity index (χ0) is 10.3. The Morgan fingerprint density at radius 2 is 2.29 bits per heavy atom. The van der Waals surface area contributed by atoms with E-state index in [2.05, 4.69) is 5.10 Å². The van der Waals surface area contributed by atoms with Gasteiger partial charge in [-0.3, -0.25) is 4.68 Å². The number of rotatable bonds is 1. The Morgan fingerprint density at radius 1 is 1.57 bits per heavy atom. The lowest BCUT2D eigenvalue weighted by molar-refractivity contribution is 0.0691. The minimum absolute atomic E-state index is 0.0579. The standard InChI is InChI=1S/C9H7FN2O2/c1-12-6-4-2-3-5(10)7(6)8(11-12)9(13)14/h2-4H,1H3,(H,13,14). The maximum absolute atomic E-state index is 13.3. The van der Waals surface area contributed by atoms with Gasteiger partial charge in [0, 0.05) is 7.05 Å². The third kappa shape index (κ3) is 1.06. The molecule has 0 saturated carbocycles. The monoisotopic (exact) mass is 194 g/mol. The number of aromatic carboxylic acids is 1. The molecule has 0 unspecified atom stereocenters. The van der Waals surface area contributed by atoms with Crippen molar-refractivity contribution in [1.82, 2.24) is 9.78 Å². The van der Waals surface area contributed by atoms with E-state index in [4.69, 9.17) is 5.11 Å². The molecule has 2 rings (SSSR count). The van der Waals surface area contributed by atoms with E-state index in [-0.39, 0.29) is 11.1 Å². The summed E-state index contributed by atoms with van der Waals surface area (Å²) in [6.07, 6.45) is 0. The first kappa shape index (κ1) is 8.68. The van der Waals surface area contributed by atoms with E-state index in [1.165, 1.54) is 16.8 Å². The van der Waals surface area contributed by atoms with E-state index in [0.29, 0.717) is 5.52 Å². The van der Waals surface area contributed by atoms with Gasteiger partial charge in [0.25, 0.3) is 0 Å². The van der Waals surface area contributed by atoms with Crippen molar-refractivity contribution in [3.05, 3.63) is 29.7 Å². The van der Waals surface area contributed by atoms with Gasteiger partial charge >= 0.3 is 5.97 Å². The maximum Gasteiger partial charge on any atom is 0.357 e. The summed E-state index contributed by atoms with van der Waals surface area (Å²) in [5.74, 6) is -1.78. The highest BCUT2D eigenvalue weighted by molar-refractivity contribution is 6.01. The Bertz CT molecular complexity index is 519. The molecule has 0 aliphatic rings. The first-order valence-corrected chi connectivity index (χ1v) is 3.96. The molecule has 0 spiro atoms. The molecule has 1 heterocycles. The zero-order valence-electron chi connectivity index (χ0n) is 7.36. The van der Waals surface area contributed by atoms with Crippen LogP contribution in [0.15, 0.2) is 18.2 Å². The highest BCUT2D eigenvalue weighted by Gasteiger charge is 2.17. The summed E-state index contributed by atoms with van der Waals surface area (Å²) >= 11 is 0. The molecule has 0 radical (unpaired) electrons. The van der Waals surface area contributed by atoms with Crippen LogP contribution in [-0.2, 0) is 7.05 Å². The quantitative estimate of drug-likeness (QED) is 0.746. The number of hydrogen-bond acceptors (Lipinski definition) is 2. The van der Waals surface area contributed by atoms with Gasteiger partial charge in [-0.15, -0.1) is 0 Å². The molecule has 2 aromatic rings. The fourth-order valence-electron chi connectivity index (χ4n) is 1.42. The van der Waals surface area contributed by atoms with Crippen LogP contribution in [-0.4, -0.2) is 20.9 Å². The van der Waals surface area contributed by atoms with Crippen LogP contribution in [0.1, 0.15) is 10.5 Å². The lowest BCUT2D eigenvalue weighted by Gasteiger charge is -1.93. The summed E-state index contributed by atoms with van der Waals surface area (Å²) in [5.41, 5.74) is 0.225. The molecule has 1 aromatic carbocycles. The highest BCUT2D eigenvalue weighted by atomic mass is 19.1. The van der Waals surface area contributed by atoms with Crippen LogP contribution >= 0.6 is 0 Å². The van der Waals surface area contributed by atoms with Crippen molar-refractivity contribution in [2.45, 2.75) is 0 Å². The van der Waals surface area contributed by atoms with Gasteiger partial charge in [0.15, 0.2) is 5.69 Å². The molecule has 72 valence electrons. The molecule has 0 aliphatic heterocycles. The minimum Gasteiger partial charge on any atom is -0.476 e. The number of hydrogen-bond donors (Lipinski definition) is 1. The minimum atomic E-state index is -1.22. The Balaban J connectivity index is 2.93. The van der Waals surface area contributed by atoms with Crippen molar-refractivity contribution in [3.63, 3.8) is 0 Å². The van der Waals surface area contributed by atoms with E-state index in [1.807, 2.05) is 0 Å². The molecule has 0 atom stereocenters. The topological polar surface area (TPSA) is 55.1 Å². The number of aryl methyl sites for hydroxylation is 1. The Morgan fingerprint density at radius 3 is 2.93 bits per heavy atom. The van der Waals surface area contributed by atoms with E-state index in [0.717, 1.165) is 0 Å². The van der Waals surface area contributed by atoms with Gasteiger partial charge in [-0.1, -0.05) is 6.07 Å². The van der Waals surface area contributed by atoms with Gasteiger partial charge in [-0.05, 0) is 12.1 Å². The third-order valence-corrected chi connectivity index (χ3v) is 2.03. The number of nitrogens with zero attached hydrogens (tertiary/aromatic N) is 2. The van der Waals surface area contributed by atoms with Crippen LogP contribution in [0.2, 0.25) is 0 Å². The smallest absolute Gasteiger partial charge is 0.357 e. The number of carboxylic acids is 1. The summed E-state index contributed by atoms with van der Waals surface area (Å²) in [5, 5.41) is 12.6. The van der Waals surface area contributed by atoms with Gasteiger partial charge in [0.05, 0.1) is 10.9 Å². The van der Waals surface area contributed by atoms with E-state index < -0.39 is 11.8 Å². The molecule has 0 bridgehead atoms. The molecule has 14 heavy (non-hydrogen) atoms. The molecule has 0 fully saturated rings. The lowest BCUT2D eigenvalue weighted by atomic mass is 10.2. The Labute approximate surface area is 78.6 Å².